The second-order valence-corrected chi connectivity index (χ2v) is 9.63. The van der Waals surface area contributed by atoms with Crippen molar-refractivity contribution >= 4 is 35.1 Å². The van der Waals surface area contributed by atoms with Crippen molar-refractivity contribution in [2.24, 2.45) is 0 Å². The summed E-state index contributed by atoms with van der Waals surface area (Å²) < 4.78 is 10.8. The molecule has 2 aromatic rings. The summed E-state index contributed by atoms with van der Waals surface area (Å²) in [6.45, 7) is 5.72. The van der Waals surface area contributed by atoms with E-state index in [1.807, 2.05) is 38.1 Å². The molecule has 2 aromatic carbocycles. The number of morpholine rings is 1. The van der Waals surface area contributed by atoms with E-state index in [1.165, 1.54) is 0 Å². The van der Waals surface area contributed by atoms with E-state index in [-0.39, 0.29) is 29.9 Å². The number of halogens is 1. The highest BCUT2D eigenvalue weighted by atomic mass is 35.5. The molecule has 4 rings (SSSR count). The molecule has 10 nitrogen and oxygen atoms in total. The van der Waals surface area contributed by atoms with E-state index < -0.39 is 24.7 Å². The molecular weight excluding hydrogens is 512 g/mol. The fourth-order valence-electron chi connectivity index (χ4n) is 4.67. The van der Waals surface area contributed by atoms with Crippen LogP contribution in [-0.4, -0.2) is 90.9 Å². The molecule has 11 heteroatoms. The molecule has 0 spiro atoms. The van der Waals surface area contributed by atoms with Crippen molar-refractivity contribution in [1.29, 1.82) is 0 Å². The van der Waals surface area contributed by atoms with Crippen LogP contribution in [0, 0.1) is 0 Å². The molecular formula is C27H33ClN4O6. The third-order valence-corrected chi connectivity index (χ3v) is 7.00. The van der Waals surface area contributed by atoms with E-state index in [2.05, 4.69) is 5.32 Å². The van der Waals surface area contributed by atoms with Crippen LogP contribution < -0.4 is 15.0 Å². The maximum absolute atomic E-state index is 13.7. The zero-order valence-corrected chi connectivity index (χ0v) is 22.3. The van der Waals surface area contributed by atoms with Crippen LogP contribution in [0.4, 0.5) is 10.5 Å². The lowest BCUT2D eigenvalue weighted by Gasteiger charge is -2.33. The molecule has 0 aliphatic carbocycles. The van der Waals surface area contributed by atoms with Gasteiger partial charge in [0.2, 0.25) is 5.91 Å². The molecule has 2 aliphatic heterocycles. The zero-order chi connectivity index (χ0) is 27.2. The molecule has 0 saturated carbocycles. The molecule has 1 unspecified atom stereocenters. The number of carbonyl (C=O) groups excluding carboxylic acids is 3. The van der Waals surface area contributed by atoms with Gasteiger partial charge in [-0.3, -0.25) is 9.59 Å². The molecule has 1 fully saturated rings. The van der Waals surface area contributed by atoms with Gasteiger partial charge in [0, 0.05) is 37.9 Å². The van der Waals surface area contributed by atoms with Crippen molar-refractivity contribution in [3.63, 3.8) is 0 Å². The predicted molar refractivity (Wildman–Crippen MR) is 143 cm³/mol. The number of carbonyl (C=O) groups is 3. The first kappa shape index (κ1) is 27.7. The molecule has 204 valence electrons. The molecule has 0 aromatic heterocycles. The number of para-hydroxylation sites is 1. The number of hydrogen-bond acceptors (Lipinski definition) is 6. The summed E-state index contributed by atoms with van der Waals surface area (Å²) in [4.78, 5) is 44.8. The summed E-state index contributed by atoms with van der Waals surface area (Å²) in [6, 6.07) is 10.3. The number of hydrogen-bond donors (Lipinski definition) is 2. The molecule has 1 saturated heterocycles. The SMILES string of the molecule is CCOc1ccc(C(=O)N2C[C@@H](C)N(C(=O)NC(CO)C(=O)N3CCOCC3)Cc3ccccc32)c(Cl)c1. The first-order valence-corrected chi connectivity index (χ1v) is 13.1. The minimum Gasteiger partial charge on any atom is -0.494 e. The van der Waals surface area contributed by atoms with Gasteiger partial charge in [-0.1, -0.05) is 29.8 Å². The average Bonchev–Trinajstić information content (AvgIpc) is 3.08. The Bertz CT molecular complexity index is 1170. The van der Waals surface area contributed by atoms with Crippen LogP contribution in [0.15, 0.2) is 42.5 Å². The summed E-state index contributed by atoms with van der Waals surface area (Å²) in [5.41, 5.74) is 1.77. The van der Waals surface area contributed by atoms with Gasteiger partial charge in [-0.05, 0) is 43.7 Å². The van der Waals surface area contributed by atoms with Gasteiger partial charge in [0.1, 0.15) is 11.8 Å². The van der Waals surface area contributed by atoms with E-state index in [0.717, 1.165) is 5.56 Å². The highest BCUT2D eigenvalue weighted by Gasteiger charge is 2.34. The highest BCUT2D eigenvalue weighted by Crippen LogP contribution is 2.31. The molecule has 0 radical (unpaired) electrons. The second kappa shape index (κ2) is 12.5. The third-order valence-electron chi connectivity index (χ3n) is 6.69. The highest BCUT2D eigenvalue weighted by molar-refractivity contribution is 6.34. The fourth-order valence-corrected chi connectivity index (χ4v) is 4.92. The van der Waals surface area contributed by atoms with Gasteiger partial charge in [0.05, 0.1) is 37.0 Å². The second-order valence-electron chi connectivity index (χ2n) is 9.22. The Morgan fingerprint density at radius 2 is 1.92 bits per heavy atom. The van der Waals surface area contributed by atoms with Crippen molar-refractivity contribution in [3.05, 3.63) is 58.6 Å². The van der Waals surface area contributed by atoms with E-state index in [1.54, 1.807) is 32.9 Å². The predicted octanol–water partition coefficient (Wildman–Crippen LogP) is 2.52. The lowest BCUT2D eigenvalue weighted by molar-refractivity contribution is -0.138. The van der Waals surface area contributed by atoms with Gasteiger partial charge >= 0.3 is 6.03 Å². The van der Waals surface area contributed by atoms with Crippen LogP contribution in [-0.2, 0) is 16.1 Å². The van der Waals surface area contributed by atoms with Gasteiger partial charge in [-0.25, -0.2) is 4.79 Å². The Morgan fingerprint density at radius 1 is 1.18 bits per heavy atom. The van der Waals surface area contributed by atoms with Crippen molar-refractivity contribution in [2.45, 2.75) is 32.5 Å². The van der Waals surface area contributed by atoms with Gasteiger partial charge in [0.15, 0.2) is 0 Å². The molecule has 2 heterocycles. The van der Waals surface area contributed by atoms with Crippen molar-refractivity contribution in [1.82, 2.24) is 15.1 Å². The number of nitrogens with zero attached hydrogens (tertiary/aromatic N) is 3. The Kier molecular flexibility index (Phi) is 9.09. The van der Waals surface area contributed by atoms with Gasteiger partial charge < -0.3 is 34.6 Å². The Morgan fingerprint density at radius 3 is 2.61 bits per heavy atom. The number of rotatable bonds is 6. The normalized spacial score (nSPS) is 18.3. The summed E-state index contributed by atoms with van der Waals surface area (Å²) in [5.74, 6) is -0.0732. The number of anilines is 1. The van der Waals surface area contributed by atoms with E-state index >= 15 is 0 Å². The van der Waals surface area contributed by atoms with Crippen LogP contribution in [0.1, 0.15) is 29.8 Å². The smallest absolute Gasteiger partial charge is 0.318 e. The molecule has 2 aliphatic rings. The molecule has 0 bridgehead atoms. The van der Waals surface area contributed by atoms with E-state index in [0.29, 0.717) is 49.9 Å². The van der Waals surface area contributed by atoms with Crippen LogP contribution in [0.2, 0.25) is 5.02 Å². The largest absolute Gasteiger partial charge is 0.494 e. The Balaban J connectivity index is 1.55. The fraction of sp³-hybridized carbons (Fsp3) is 0.444. The van der Waals surface area contributed by atoms with Crippen LogP contribution in [0.5, 0.6) is 5.75 Å². The van der Waals surface area contributed by atoms with Crippen LogP contribution in [0.3, 0.4) is 0 Å². The first-order valence-electron chi connectivity index (χ1n) is 12.7. The zero-order valence-electron chi connectivity index (χ0n) is 21.6. The van der Waals surface area contributed by atoms with Crippen molar-refractivity contribution < 1.29 is 29.0 Å². The standard InChI is InChI=1S/C27H33ClN4O6/c1-3-38-20-8-9-21(22(28)14-20)25(34)32-15-18(2)31(16-19-6-4-5-7-24(19)32)27(36)29-23(17-33)26(35)30-10-12-37-13-11-30/h4-9,14,18,23,33H,3,10-13,15-17H2,1-2H3,(H,29,36)/t18-,23?/m1/s1. The number of fused-ring (bicyclic) bond motifs is 1. The van der Waals surface area contributed by atoms with Gasteiger partial charge in [-0.15, -0.1) is 0 Å². The minimum atomic E-state index is -1.08. The summed E-state index contributed by atoms with van der Waals surface area (Å²) in [7, 11) is 0. The van der Waals surface area contributed by atoms with Crippen molar-refractivity contribution in [3.8, 4) is 5.75 Å². The number of aliphatic hydroxyl groups excluding tert-OH is 1. The maximum Gasteiger partial charge on any atom is 0.318 e. The molecule has 2 N–H and O–H groups in total. The summed E-state index contributed by atoms with van der Waals surface area (Å²) in [6.07, 6.45) is 0. The number of amides is 4. The quantitative estimate of drug-likeness (QED) is 0.578. The lowest BCUT2D eigenvalue weighted by atomic mass is 10.1. The molecule has 38 heavy (non-hydrogen) atoms. The molecule has 2 atom stereocenters. The lowest BCUT2D eigenvalue weighted by Crippen LogP contribution is -2.57. The number of benzene rings is 2. The third kappa shape index (κ3) is 6.03. The number of aliphatic hydroxyl groups is 1. The average molecular weight is 545 g/mol. The summed E-state index contributed by atoms with van der Waals surface area (Å²) >= 11 is 6.46. The van der Waals surface area contributed by atoms with Gasteiger partial charge in [-0.2, -0.15) is 0 Å². The Hall–Kier alpha value is -3.34. The van der Waals surface area contributed by atoms with Crippen molar-refractivity contribution in [2.75, 3.05) is 51.0 Å². The van der Waals surface area contributed by atoms with Crippen LogP contribution >= 0.6 is 11.6 Å². The topological polar surface area (TPSA) is 112 Å². The monoisotopic (exact) mass is 544 g/mol. The molecule has 4 amide bonds. The number of ether oxygens (including phenoxy) is 2. The van der Waals surface area contributed by atoms with Gasteiger partial charge in [0.25, 0.3) is 5.91 Å². The number of urea groups is 1. The first-order chi connectivity index (χ1) is 18.3. The summed E-state index contributed by atoms with van der Waals surface area (Å²) in [5, 5.41) is 12.9. The van der Waals surface area contributed by atoms with Crippen LogP contribution in [0.25, 0.3) is 0 Å². The maximum atomic E-state index is 13.7. The Labute approximate surface area is 227 Å². The minimum absolute atomic E-state index is 0.202. The van der Waals surface area contributed by atoms with E-state index in [9.17, 15) is 19.5 Å². The number of nitrogens with one attached hydrogen (secondary N) is 1. The van der Waals surface area contributed by atoms with E-state index in [4.69, 9.17) is 21.1 Å².